The first-order valence-electron chi connectivity index (χ1n) is 6.58. The molecule has 1 aliphatic carbocycles. The molecule has 1 fully saturated rings. The Bertz CT molecular complexity index is 529. The standard InChI is InChI=1S/C14H17FN2O3/c1-8(9-4-2-5-9)16-14(20)17-11-7-3-6-10(15)12(11)13(18)19/h3,6-9H,2,4-5H2,1H3,(H,18,19)(H2,16,17,20). The third-order valence-electron chi connectivity index (χ3n) is 3.69. The summed E-state index contributed by atoms with van der Waals surface area (Å²) in [5.41, 5.74) is -0.574. The van der Waals surface area contributed by atoms with Crippen LogP contribution in [-0.2, 0) is 0 Å². The van der Waals surface area contributed by atoms with Gasteiger partial charge >= 0.3 is 12.0 Å². The van der Waals surface area contributed by atoms with Crippen molar-refractivity contribution in [1.82, 2.24) is 5.32 Å². The van der Waals surface area contributed by atoms with Crippen molar-refractivity contribution < 1.29 is 19.1 Å². The second-order valence-electron chi connectivity index (χ2n) is 5.05. The van der Waals surface area contributed by atoms with Gasteiger partial charge in [-0.1, -0.05) is 12.5 Å². The Hall–Kier alpha value is -2.11. The van der Waals surface area contributed by atoms with Crippen LogP contribution in [0.4, 0.5) is 14.9 Å². The number of hydrogen-bond acceptors (Lipinski definition) is 2. The summed E-state index contributed by atoms with van der Waals surface area (Å²) in [5, 5.41) is 14.1. The van der Waals surface area contributed by atoms with Crippen molar-refractivity contribution in [2.24, 2.45) is 5.92 Å². The molecule has 0 bridgehead atoms. The second kappa shape index (κ2) is 5.90. The van der Waals surface area contributed by atoms with Gasteiger partial charge in [-0.05, 0) is 37.8 Å². The first-order valence-corrected chi connectivity index (χ1v) is 6.58. The highest BCUT2D eigenvalue weighted by atomic mass is 19.1. The van der Waals surface area contributed by atoms with Crippen LogP contribution in [0.2, 0.25) is 0 Å². The number of nitrogens with one attached hydrogen (secondary N) is 2. The van der Waals surface area contributed by atoms with Crippen molar-refractivity contribution >= 4 is 17.7 Å². The molecule has 0 heterocycles. The number of amides is 2. The van der Waals surface area contributed by atoms with Crippen LogP contribution < -0.4 is 10.6 Å². The molecule has 1 unspecified atom stereocenters. The summed E-state index contributed by atoms with van der Waals surface area (Å²) in [5.74, 6) is -1.82. The molecule has 1 aromatic rings. The van der Waals surface area contributed by atoms with Crippen LogP contribution in [-0.4, -0.2) is 23.1 Å². The summed E-state index contributed by atoms with van der Waals surface area (Å²) in [4.78, 5) is 22.8. The average molecular weight is 280 g/mol. The predicted octanol–water partition coefficient (Wildman–Crippen LogP) is 2.83. The molecule has 1 aliphatic rings. The summed E-state index contributed by atoms with van der Waals surface area (Å²) in [6.45, 7) is 1.91. The van der Waals surface area contributed by atoms with E-state index in [0.29, 0.717) is 5.92 Å². The van der Waals surface area contributed by atoms with E-state index in [9.17, 15) is 14.0 Å². The average Bonchev–Trinajstić information content (AvgIpc) is 2.25. The van der Waals surface area contributed by atoms with Gasteiger partial charge in [-0.3, -0.25) is 0 Å². The Morgan fingerprint density at radius 2 is 2.10 bits per heavy atom. The van der Waals surface area contributed by atoms with Gasteiger partial charge in [0.25, 0.3) is 0 Å². The summed E-state index contributed by atoms with van der Waals surface area (Å²) in [6, 6.07) is 3.26. The van der Waals surface area contributed by atoms with E-state index in [1.165, 1.54) is 18.6 Å². The number of urea groups is 1. The van der Waals surface area contributed by atoms with Gasteiger partial charge in [-0.15, -0.1) is 0 Å². The maximum atomic E-state index is 13.5. The zero-order valence-corrected chi connectivity index (χ0v) is 11.1. The van der Waals surface area contributed by atoms with Gasteiger partial charge in [0.15, 0.2) is 0 Å². The molecule has 108 valence electrons. The summed E-state index contributed by atoms with van der Waals surface area (Å²) in [6.07, 6.45) is 3.34. The molecule has 0 radical (unpaired) electrons. The number of carboxylic acid groups (broad SMARTS) is 1. The van der Waals surface area contributed by atoms with Crippen LogP contribution in [0.15, 0.2) is 18.2 Å². The number of halogens is 1. The molecule has 1 atom stereocenters. The largest absolute Gasteiger partial charge is 0.478 e. The number of carbonyl (C=O) groups is 2. The van der Waals surface area contributed by atoms with Gasteiger partial charge in [-0.2, -0.15) is 0 Å². The normalized spacial score (nSPS) is 16.1. The third kappa shape index (κ3) is 3.07. The van der Waals surface area contributed by atoms with E-state index in [0.717, 1.165) is 18.9 Å². The van der Waals surface area contributed by atoms with Crippen molar-refractivity contribution in [3.05, 3.63) is 29.6 Å². The number of rotatable bonds is 4. The van der Waals surface area contributed by atoms with Crippen molar-refractivity contribution in [1.29, 1.82) is 0 Å². The summed E-state index contributed by atoms with van der Waals surface area (Å²) >= 11 is 0. The molecule has 20 heavy (non-hydrogen) atoms. The van der Waals surface area contributed by atoms with Crippen molar-refractivity contribution in [3.8, 4) is 0 Å². The third-order valence-corrected chi connectivity index (χ3v) is 3.69. The first-order chi connectivity index (χ1) is 9.49. The lowest BCUT2D eigenvalue weighted by molar-refractivity contribution is 0.0693. The maximum absolute atomic E-state index is 13.5. The van der Waals surface area contributed by atoms with E-state index in [4.69, 9.17) is 5.11 Å². The fraction of sp³-hybridized carbons (Fsp3) is 0.429. The number of carbonyl (C=O) groups excluding carboxylic acids is 1. The molecule has 5 nitrogen and oxygen atoms in total. The molecular formula is C14H17FN2O3. The quantitative estimate of drug-likeness (QED) is 0.793. The Balaban J connectivity index is 2.04. The van der Waals surface area contributed by atoms with E-state index in [1.807, 2.05) is 6.92 Å². The smallest absolute Gasteiger partial charge is 0.340 e. The monoisotopic (exact) mass is 280 g/mol. The van der Waals surface area contributed by atoms with Crippen molar-refractivity contribution in [2.45, 2.75) is 32.2 Å². The molecule has 3 N–H and O–H groups in total. The molecule has 2 amide bonds. The maximum Gasteiger partial charge on any atom is 0.340 e. The Morgan fingerprint density at radius 3 is 2.65 bits per heavy atom. The Labute approximate surface area is 116 Å². The van der Waals surface area contributed by atoms with Crippen LogP contribution in [0, 0.1) is 11.7 Å². The van der Waals surface area contributed by atoms with Crippen LogP contribution in [0.1, 0.15) is 36.5 Å². The van der Waals surface area contributed by atoms with Crippen molar-refractivity contribution in [2.75, 3.05) is 5.32 Å². The number of carboxylic acids is 1. The van der Waals surface area contributed by atoms with Crippen LogP contribution in [0.5, 0.6) is 0 Å². The van der Waals surface area contributed by atoms with Gasteiger partial charge in [0.1, 0.15) is 11.4 Å². The topological polar surface area (TPSA) is 78.4 Å². The Kier molecular flexibility index (Phi) is 4.22. The minimum absolute atomic E-state index is 0.0191. The SMILES string of the molecule is CC(NC(=O)Nc1cccc(F)c1C(=O)O)C1CCC1. The fourth-order valence-electron chi connectivity index (χ4n) is 2.27. The lowest BCUT2D eigenvalue weighted by atomic mass is 9.80. The summed E-state index contributed by atoms with van der Waals surface area (Å²) in [7, 11) is 0. The zero-order chi connectivity index (χ0) is 14.7. The lowest BCUT2D eigenvalue weighted by Gasteiger charge is -2.31. The van der Waals surface area contributed by atoms with Gasteiger partial charge in [0.05, 0.1) is 5.69 Å². The molecule has 1 aromatic carbocycles. The molecule has 0 aliphatic heterocycles. The van der Waals surface area contributed by atoms with E-state index >= 15 is 0 Å². The Morgan fingerprint density at radius 1 is 1.40 bits per heavy atom. The molecule has 1 saturated carbocycles. The minimum Gasteiger partial charge on any atom is -0.478 e. The highest BCUT2D eigenvalue weighted by molar-refractivity contribution is 6.00. The number of benzene rings is 1. The van der Waals surface area contributed by atoms with Crippen LogP contribution >= 0.6 is 0 Å². The molecular weight excluding hydrogens is 263 g/mol. The molecule has 2 rings (SSSR count). The van der Waals surface area contributed by atoms with Gasteiger partial charge < -0.3 is 15.7 Å². The number of aromatic carboxylic acids is 1. The van der Waals surface area contributed by atoms with E-state index < -0.39 is 23.4 Å². The predicted molar refractivity (Wildman–Crippen MR) is 72.3 cm³/mol. The lowest BCUT2D eigenvalue weighted by Crippen LogP contribution is -2.42. The van der Waals surface area contributed by atoms with Gasteiger partial charge in [0, 0.05) is 6.04 Å². The highest BCUT2D eigenvalue weighted by Crippen LogP contribution is 2.29. The van der Waals surface area contributed by atoms with Crippen LogP contribution in [0.3, 0.4) is 0 Å². The van der Waals surface area contributed by atoms with Crippen LogP contribution in [0.25, 0.3) is 0 Å². The molecule has 0 aromatic heterocycles. The summed E-state index contributed by atoms with van der Waals surface area (Å²) < 4.78 is 13.5. The fourth-order valence-corrected chi connectivity index (χ4v) is 2.27. The minimum atomic E-state index is -1.41. The number of hydrogen-bond donors (Lipinski definition) is 3. The molecule has 6 heteroatoms. The van der Waals surface area contributed by atoms with Gasteiger partial charge in [0.2, 0.25) is 0 Å². The van der Waals surface area contributed by atoms with E-state index in [1.54, 1.807) is 0 Å². The van der Waals surface area contributed by atoms with E-state index in [-0.39, 0.29) is 11.7 Å². The molecule has 0 saturated heterocycles. The first kappa shape index (κ1) is 14.3. The zero-order valence-electron chi connectivity index (χ0n) is 11.1. The molecule has 0 spiro atoms. The second-order valence-corrected chi connectivity index (χ2v) is 5.05. The number of anilines is 1. The van der Waals surface area contributed by atoms with E-state index in [2.05, 4.69) is 10.6 Å². The highest BCUT2D eigenvalue weighted by Gasteiger charge is 2.25. The van der Waals surface area contributed by atoms with Gasteiger partial charge in [-0.25, -0.2) is 14.0 Å². The van der Waals surface area contributed by atoms with Crippen molar-refractivity contribution in [3.63, 3.8) is 0 Å².